The normalized spacial score (nSPS) is 14.6. The lowest BCUT2D eigenvalue weighted by Gasteiger charge is -2.30. The van der Waals surface area contributed by atoms with Crippen LogP contribution in [0.2, 0.25) is 10.0 Å². The molecule has 0 saturated heterocycles. The van der Waals surface area contributed by atoms with Crippen LogP contribution in [-0.2, 0) is 16.3 Å². The highest BCUT2D eigenvalue weighted by atomic mass is 35.6. The van der Waals surface area contributed by atoms with Crippen LogP contribution in [-0.4, -0.2) is 29.6 Å². The Balaban J connectivity index is 3.94. The molecule has 149 valence electrons. The molecule has 0 N–H and O–H groups in total. The monoisotopic (exact) mass is 507 g/mol. The summed E-state index contributed by atoms with van der Waals surface area (Å²) in [7, 11) is -6.85. The molecule has 1 rings (SSSR count). The van der Waals surface area contributed by atoms with Crippen molar-refractivity contribution in [2.24, 2.45) is 0 Å². The third-order valence-corrected chi connectivity index (χ3v) is 5.89. The summed E-state index contributed by atoms with van der Waals surface area (Å²) in [6.45, 7) is 0. The zero-order valence-electron chi connectivity index (χ0n) is 11.5. The Kier molecular flexibility index (Phi) is 6.68. The predicted octanol–water partition coefficient (Wildman–Crippen LogP) is 6.27. The summed E-state index contributed by atoms with van der Waals surface area (Å²) in [6, 6.07) is 2.11. The van der Waals surface area contributed by atoms with Crippen LogP contribution in [0.4, 0.5) is 30.7 Å². The molecule has 0 heterocycles. The maximum absolute atomic E-state index is 14.1. The first kappa shape index (κ1) is 24.2. The summed E-state index contributed by atoms with van der Waals surface area (Å²) in [6.07, 6.45) is -14.9. The Bertz CT molecular complexity index is 785. The third-order valence-electron chi connectivity index (χ3n) is 2.82. The van der Waals surface area contributed by atoms with E-state index in [1.54, 1.807) is 0 Å². The van der Waals surface area contributed by atoms with Gasteiger partial charge in [0.25, 0.3) is 0 Å². The van der Waals surface area contributed by atoms with E-state index < -0.39 is 57.9 Å². The van der Waals surface area contributed by atoms with E-state index in [1.807, 2.05) is 6.07 Å². The van der Waals surface area contributed by atoms with E-state index in [0.29, 0.717) is 0 Å². The van der Waals surface area contributed by atoms with Gasteiger partial charge in [-0.2, -0.15) is 26.3 Å². The minimum atomic E-state index is -6.89. The standard InChI is InChI=1S/C11H3Cl5F7O2S/c12-4-1-6(13)5(3-8(14,15)16)7(2-4)26(24,25)9(17,10(18,19)20)11(21,22)23/h2H,3H2. The van der Waals surface area contributed by atoms with E-state index in [-0.39, 0.29) is 6.07 Å². The average Bonchev–Trinajstić information content (AvgIpc) is 2.36. The van der Waals surface area contributed by atoms with Crippen molar-refractivity contribution in [1.82, 2.24) is 0 Å². The Labute approximate surface area is 167 Å². The Hall–Kier alpha value is 0.130. The molecule has 1 aromatic carbocycles. The van der Waals surface area contributed by atoms with Crippen molar-refractivity contribution in [2.45, 2.75) is 32.5 Å². The van der Waals surface area contributed by atoms with Gasteiger partial charge in [0, 0.05) is 12.5 Å². The van der Waals surface area contributed by atoms with Gasteiger partial charge in [0.15, 0.2) is 3.79 Å². The predicted molar refractivity (Wildman–Crippen MR) is 82.4 cm³/mol. The second-order valence-electron chi connectivity index (χ2n) is 4.66. The summed E-state index contributed by atoms with van der Waals surface area (Å²) in [5.74, 6) is 0. The lowest BCUT2D eigenvalue weighted by Crippen LogP contribution is -2.58. The number of benzene rings is 1. The molecule has 26 heavy (non-hydrogen) atoms. The third kappa shape index (κ3) is 4.41. The zero-order valence-corrected chi connectivity index (χ0v) is 16.1. The van der Waals surface area contributed by atoms with Gasteiger partial charge >= 0.3 is 17.4 Å². The second kappa shape index (κ2) is 7.18. The summed E-state index contributed by atoms with van der Waals surface area (Å²) < 4.78 is 113. The van der Waals surface area contributed by atoms with Gasteiger partial charge in [-0.1, -0.05) is 58.0 Å². The molecule has 0 aliphatic carbocycles. The molecular weight excluding hydrogens is 506 g/mol. The molecule has 0 fully saturated rings. The molecule has 0 aliphatic rings. The molecule has 15 heteroatoms. The van der Waals surface area contributed by atoms with Gasteiger partial charge in [-0.3, -0.25) is 0 Å². The zero-order chi connectivity index (χ0) is 20.9. The molecule has 0 amide bonds. The minimum Gasteiger partial charge on any atom is -0.220 e. The maximum Gasteiger partial charge on any atom is 0.447 e. The highest BCUT2D eigenvalue weighted by Gasteiger charge is 2.80. The van der Waals surface area contributed by atoms with Crippen LogP contribution in [0.3, 0.4) is 0 Å². The Morgan fingerprint density at radius 1 is 0.923 bits per heavy atom. The fourth-order valence-corrected chi connectivity index (χ4v) is 4.48. The first-order valence-electron chi connectivity index (χ1n) is 5.79. The highest BCUT2D eigenvalue weighted by Crippen LogP contribution is 2.53. The van der Waals surface area contributed by atoms with Crippen molar-refractivity contribution >= 4 is 67.8 Å². The van der Waals surface area contributed by atoms with E-state index in [4.69, 9.17) is 58.0 Å². The lowest BCUT2D eigenvalue weighted by molar-refractivity contribution is -0.305. The molecule has 1 aromatic rings. The van der Waals surface area contributed by atoms with Gasteiger partial charge in [-0.25, -0.2) is 12.8 Å². The van der Waals surface area contributed by atoms with Crippen LogP contribution >= 0.6 is 58.0 Å². The molecule has 0 unspecified atom stereocenters. The summed E-state index contributed by atoms with van der Waals surface area (Å²) in [5.41, 5.74) is -1.04. The highest BCUT2D eigenvalue weighted by molar-refractivity contribution is 7.92. The van der Waals surface area contributed by atoms with Gasteiger partial charge in [0.1, 0.15) is 0 Å². The molecule has 0 aliphatic heterocycles. The van der Waals surface area contributed by atoms with Crippen LogP contribution in [0.15, 0.2) is 11.0 Å². The van der Waals surface area contributed by atoms with Crippen molar-refractivity contribution < 1.29 is 39.2 Å². The molecule has 1 radical (unpaired) electrons. The van der Waals surface area contributed by atoms with E-state index in [0.717, 1.165) is 0 Å². The number of hydrogen-bond acceptors (Lipinski definition) is 2. The number of sulfone groups is 1. The lowest BCUT2D eigenvalue weighted by atomic mass is 10.1. The van der Waals surface area contributed by atoms with Gasteiger partial charge in [0.05, 0.1) is 14.9 Å². The molecule has 0 aromatic heterocycles. The van der Waals surface area contributed by atoms with Gasteiger partial charge in [-0.05, 0) is 11.6 Å². The van der Waals surface area contributed by atoms with E-state index >= 15 is 0 Å². The Morgan fingerprint density at radius 3 is 1.69 bits per heavy atom. The molecule has 0 bridgehead atoms. The summed E-state index contributed by atoms with van der Waals surface area (Å²) >= 11 is 27.1. The number of rotatable bonds is 3. The topological polar surface area (TPSA) is 34.1 Å². The van der Waals surface area contributed by atoms with Crippen LogP contribution in [0.5, 0.6) is 0 Å². The fraction of sp³-hybridized carbons (Fsp3) is 0.455. The first-order valence-corrected chi connectivity index (χ1v) is 9.17. The molecule has 2 nitrogen and oxygen atoms in total. The minimum absolute atomic E-state index is 0.0975. The van der Waals surface area contributed by atoms with E-state index in [1.165, 1.54) is 0 Å². The van der Waals surface area contributed by atoms with Crippen LogP contribution in [0.25, 0.3) is 0 Å². The van der Waals surface area contributed by atoms with Crippen LogP contribution in [0.1, 0.15) is 5.56 Å². The summed E-state index contributed by atoms with van der Waals surface area (Å²) in [5, 5.41) is -8.34. The molecule has 0 atom stereocenters. The van der Waals surface area contributed by atoms with E-state index in [9.17, 15) is 39.2 Å². The smallest absolute Gasteiger partial charge is 0.220 e. The van der Waals surface area contributed by atoms with Crippen molar-refractivity contribution in [1.29, 1.82) is 0 Å². The van der Waals surface area contributed by atoms with Crippen molar-refractivity contribution in [2.75, 3.05) is 0 Å². The van der Waals surface area contributed by atoms with Gasteiger partial charge in [-0.15, -0.1) is 0 Å². The van der Waals surface area contributed by atoms with Crippen molar-refractivity contribution in [3.63, 3.8) is 0 Å². The summed E-state index contributed by atoms with van der Waals surface area (Å²) in [4.78, 5) is -1.84. The molecular formula is C11H3Cl5F7O2S. The fourth-order valence-electron chi connectivity index (χ4n) is 1.75. The largest absolute Gasteiger partial charge is 0.447 e. The van der Waals surface area contributed by atoms with Crippen molar-refractivity contribution in [3.05, 3.63) is 27.7 Å². The average molecular weight is 509 g/mol. The van der Waals surface area contributed by atoms with Gasteiger partial charge in [0.2, 0.25) is 9.84 Å². The van der Waals surface area contributed by atoms with E-state index in [2.05, 4.69) is 0 Å². The maximum atomic E-state index is 14.1. The van der Waals surface area contributed by atoms with Gasteiger partial charge < -0.3 is 0 Å². The van der Waals surface area contributed by atoms with Crippen molar-refractivity contribution in [3.8, 4) is 0 Å². The SMILES string of the molecule is O=S(=O)(c1cc(Cl)[c]c(Cl)c1CC(Cl)(Cl)Cl)C(F)(C(F)(F)F)C(F)(F)F. The number of alkyl halides is 10. The molecule has 0 spiro atoms. The van der Waals surface area contributed by atoms with Crippen LogP contribution in [0, 0.1) is 6.07 Å². The first-order chi connectivity index (χ1) is 11.3. The quantitative estimate of drug-likeness (QED) is 0.356. The second-order valence-corrected chi connectivity index (χ2v) is 9.97. The molecule has 0 saturated carbocycles. The Morgan fingerprint density at radius 2 is 1.35 bits per heavy atom. The number of halogens is 12. The van der Waals surface area contributed by atoms with Crippen LogP contribution < -0.4 is 0 Å². The number of hydrogen-bond donors (Lipinski definition) is 0.